The summed E-state index contributed by atoms with van der Waals surface area (Å²) in [5, 5.41) is 1.08. The molecule has 0 spiro atoms. The van der Waals surface area contributed by atoms with Crippen molar-refractivity contribution < 1.29 is 9.53 Å². The molecule has 0 unspecified atom stereocenters. The summed E-state index contributed by atoms with van der Waals surface area (Å²) in [5.41, 5.74) is 2.79. The van der Waals surface area contributed by atoms with E-state index >= 15 is 0 Å². The Balaban J connectivity index is 4.02. The molecular weight excluding hydrogens is 352 g/mol. The second-order valence-electron chi connectivity index (χ2n) is 6.46. The third-order valence-electron chi connectivity index (χ3n) is 4.23. The first-order chi connectivity index (χ1) is 11.2. The van der Waals surface area contributed by atoms with Crippen molar-refractivity contribution in [3.05, 3.63) is 11.1 Å². The van der Waals surface area contributed by atoms with Crippen molar-refractivity contribution in [2.45, 2.75) is 97.8 Å². The van der Waals surface area contributed by atoms with Crippen LogP contribution in [0.1, 0.15) is 97.8 Å². The fourth-order valence-corrected chi connectivity index (χ4v) is 2.99. The van der Waals surface area contributed by atoms with Crippen LogP contribution in [0.5, 0.6) is 0 Å². The quantitative estimate of drug-likeness (QED) is 0.131. The van der Waals surface area contributed by atoms with E-state index in [1.54, 1.807) is 0 Å². The van der Waals surface area contributed by atoms with Gasteiger partial charge < -0.3 is 4.74 Å². The highest BCUT2D eigenvalue weighted by Crippen LogP contribution is 2.19. The van der Waals surface area contributed by atoms with E-state index in [-0.39, 0.29) is 5.97 Å². The number of rotatable bonds is 15. The maximum atomic E-state index is 11.8. The molecule has 0 aliphatic heterocycles. The van der Waals surface area contributed by atoms with E-state index < -0.39 is 0 Å². The smallest absolute Gasteiger partial charge is 0.306 e. The maximum absolute atomic E-state index is 11.8. The van der Waals surface area contributed by atoms with E-state index in [0.29, 0.717) is 13.0 Å². The van der Waals surface area contributed by atoms with Crippen molar-refractivity contribution in [2.24, 2.45) is 0 Å². The summed E-state index contributed by atoms with van der Waals surface area (Å²) in [7, 11) is 0. The molecule has 3 heteroatoms. The lowest BCUT2D eigenvalue weighted by molar-refractivity contribution is -0.142. The molecular formula is C20H37BrO2. The second kappa shape index (κ2) is 16.5. The molecule has 0 N–H and O–H groups in total. The van der Waals surface area contributed by atoms with Crippen LogP contribution in [-0.2, 0) is 9.53 Å². The highest BCUT2D eigenvalue weighted by molar-refractivity contribution is 9.09. The number of halogens is 1. The summed E-state index contributed by atoms with van der Waals surface area (Å²) in [4.78, 5) is 11.8. The van der Waals surface area contributed by atoms with Crippen LogP contribution in [0.15, 0.2) is 11.1 Å². The van der Waals surface area contributed by atoms with Gasteiger partial charge in [0.05, 0.1) is 0 Å². The number of carbonyl (C=O) groups excluding carboxylic acids is 1. The van der Waals surface area contributed by atoms with Crippen molar-refractivity contribution in [1.29, 1.82) is 0 Å². The van der Waals surface area contributed by atoms with Gasteiger partial charge in [-0.1, -0.05) is 67.5 Å². The third kappa shape index (κ3) is 13.8. The minimum Gasteiger partial charge on any atom is -0.461 e. The molecule has 0 rings (SSSR count). The summed E-state index contributed by atoms with van der Waals surface area (Å²) in [6, 6.07) is 0. The third-order valence-corrected chi connectivity index (χ3v) is 4.79. The molecule has 0 bridgehead atoms. The van der Waals surface area contributed by atoms with E-state index in [2.05, 4.69) is 36.7 Å². The van der Waals surface area contributed by atoms with Gasteiger partial charge in [-0.3, -0.25) is 4.79 Å². The molecule has 23 heavy (non-hydrogen) atoms. The Bertz CT molecular complexity index is 314. The van der Waals surface area contributed by atoms with Crippen LogP contribution < -0.4 is 0 Å². The van der Waals surface area contributed by atoms with Gasteiger partial charge in [-0.25, -0.2) is 0 Å². The molecule has 0 heterocycles. The first kappa shape index (κ1) is 22.7. The van der Waals surface area contributed by atoms with Gasteiger partial charge in [0.2, 0.25) is 0 Å². The lowest BCUT2D eigenvalue weighted by Gasteiger charge is -2.13. The number of allylic oxidation sites excluding steroid dienone is 1. The van der Waals surface area contributed by atoms with Gasteiger partial charge in [0.15, 0.2) is 0 Å². The SMILES string of the molecule is CCCCC(CCCC)=C(C)COC(=O)CCCCCCCBr. The van der Waals surface area contributed by atoms with E-state index in [1.807, 2.05) is 0 Å². The number of ether oxygens (including phenoxy) is 1. The average Bonchev–Trinajstić information content (AvgIpc) is 2.56. The Morgan fingerprint density at radius 1 is 0.826 bits per heavy atom. The van der Waals surface area contributed by atoms with E-state index in [9.17, 15) is 4.79 Å². The number of hydrogen-bond donors (Lipinski definition) is 0. The van der Waals surface area contributed by atoms with Gasteiger partial charge in [0.25, 0.3) is 0 Å². The van der Waals surface area contributed by atoms with Gasteiger partial charge in [-0.05, 0) is 51.0 Å². The van der Waals surface area contributed by atoms with Crippen LogP contribution in [0.25, 0.3) is 0 Å². The molecule has 0 amide bonds. The Kier molecular flexibility index (Phi) is 16.3. The zero-order valence-corrected chi connectivity index (χ0v) is 17.2. The lowest BCUT2D eigenvalue weighted by Crippen LogP contribution is -2.08. The summed E-state index contributed by atoms with van der Waals surface area (Å²) in [6.45, 7) is 7.08. The van der Waals surface area contributed by atoms with Crippen molar-refractivity contribution in [2.75, 3.05) is 11.9 Å². The van der Waals surface area contributed by atoms with Crippen molar-refractivity contribution in [3.63, 3.8) is 0 Å². The Morgan fingerprint density at radius 3 is 1.96 bits per heavy atom. The van der Waals surface area contributed by atoms with E-state index in [0.717, 1.165) is 31.0 Å². The number of alkyl halides is 1. The molecule has 0 saturated carbocycles. The fraction of sp³-hybridized carbons (Fsp3) is 0.850. The fourth-order valence-electron chi connectivity index (χ4n) is 2.59. The highest BCUT2D eigenvalue weighted by atomic mass is 79.9. The van der Waals surface area contributed by atoms with Crippen LogP contribution in [-0.4, -0.2) is 17.9 Å². The molecule has 0 fully saturated rings. The van der Waals surface area contributed by atoms with Crippen molar-refractivity contribution >= 4 is 21.9 Å². The second-order valence-corrected chi connectivity index (χ2v) is 7.25. The van der Waals surface area contributed by atoms with Gasteiger partial charge in [-0.15, -0.1) is 0 Å². The van der Waals surface area contributed by atoms with Crippen LogP contribution in [0.3, 0.4) is 0 Å². The van der Waals surface area contributed by atoms with Crippen LogP contribution in [0.2, 0.25) is 0 Å². The minimum absolute atomic E-state index is 0.0322. The predicted octanol–water partition coefficient (Wildman–Crippen LogP) is 6.96. The van der Waals surface area contributed by atoms with Gasteiger partial charge in [0, 0.05) is 11.8 Å². The number of unbranched alkanes of at least 4 members (excludes halogenated alkanes) is 6. The molecule has 2 nitrogen and oxygen atoms in total. The summed E-state index contributed by atoms with van der Waals surface area (Å²) in [6.07, 6.45) is 13.6. The molecule has 0 aromatic carbocycles. The van der Waals surface area contributed by atoms with Gasteiger partial charge >= 0.3 is 5.97 Å². The molecule has 0 aromatic rings. The highest BCUT2D eigenvalue weighted by Gasteiger charge is 2.07. The minimum atomic E-state index is -0.0322. The number of hydrogen-bond acceptors (Lipinski definition) is 2. The molecule has 136 valence electrons. The van der Waals surface area contributed by atoms with Crippen molar-refractivity contribution in [3.8, 4) is 0 Å². The van der Waals surface area contributed by atoms with Crippen LogP contribution in [0.4, 0.5) is 0 Å². The molecule has 0 saturated heterocycles. The molecule has 0 atom stereocenters. The predicted molar refractivity (Wildman–Crippen MR) is 104 cm³/mol. The molecule has 0 radical (unpaired) electrons. The summed E-state index contributed by atoms with van der Waals surface area (Å²) in [5.74, 6) is -0.0322. The maximum Gasteiger partial charge on any atom is 0.306 e. The molecule has 0 aliphatic carbocycles. The molecule has 0 aliphatic rings. The Labute approximate surface area is 152 Å². The Hall–Kier alpha value is -0.310. The average molecular weight is 389 g/mol. The van der Waals surface area contributed by atoms with Crippen LogP contribution in [0, 0.1) is 0 Å². The van der Waals surface area contributed by atoms with E-state index in [4.69, 9.17) is 4.74 Å². The van der Waals surface area contributed by atoms with Gasteiger partial charge in [0.1, 0.15) is 6.61 Å². The zero-order chi connectivity index (χ0) is 17.3. The van der Waals surface area contributed by atoms with Crippen molar-refractivity contribution in [1.82, 2.24) is 0 Å². The Morgan fingerprint density at radius 2 is 1.39 bits per heavy atom. The largest absolute Gasteiger partial charge is 0.461 e. The zero-order valence-electron chi connectivity index (χ0n) is 15.6. The normalized spacial score (nSPS) is 10.6. The number of esters is 1. The summed E-state index contributed by atoms with van der Waals surface area (Å²) >= 11 is 3.44. The monoisotopic (exact) mass is 388 g/mol. The van der Waals surface area contributed by atoms with Crippen LogP contribution >= 0.6 is 15.9 Å². The first-order valence-corrected chi connectivity index (χ1v) is 10.7. The number of carbonyl (C=O) groups is 1. The lowest BCUT2D eigenvalue weighted by atomic mass is 9.98. The van der Waals surface area contributed by atoms with Gasteiger partial charge in [-0.2, -0.15) is 0 Å². The topological polar surface area (TPSA) is 26.3 Å². The van der Waals surface area contributed by atoms with E-state index in [1.165, 1.54) is 56.1 Å². The first-order valence-electron chi connectivity index (χ1n) is 9.54. The molecule has 0 aromatic heterocycles. The standard InChI is InChI=1S/C20H37BrO2/c1-4-6-13-19(14-7-5-2)18(3)17-23-20(22)15-11-9-8-10-12-16-21/h4-17H2,1-3H3. The summed E-state index contributed by atoms with van der Waals surface area (Å²) < 4.78 is 5.47.